The van der Waals surface area contributed by atoms with Gasteiger partial charge in [-0.15, -0.1) is 12.1 Å². The molecule has 0 spiro atoms. The van der Waals surface area contributed by atoms with Crippen LogP contribution in [0.25, 0.3) is 0 Å². The Morgan fingerprint density at radius 3 is 1.48 bits per heavy atom. The summed E-state index contributed by atoms with van der Waals surface area (Å²) in [4.78, 5) is 0. The van der Waals surface area contributed by atoms with Gasteiger partial charge >= 0.3 is 40.7 Å². The molecular formula is C25H31Cl2SiTi-3. The topological polar surface area (TPSA) is 0 Å². The van der Waals surface area contributed by atoms with Gasteiger partial charge in [0.25, 0.3) is 0 Å². The molecule has 0 radical (unpaired) electrons. The van der Waals surface area contributed by atoms with E-state index in [0.29, 0.717) is 0 Å². The molecule has 0 nitrogen and oxygen atoms in total. The maximum Gasteiger partial charge on any atom is -0.0512 e. The van der Waals surface area contributed by atoms with Crippen LogP contribution in [0.15, 0.2) is 66.7 Å². The largest absolute Gasteiger partial charge is 0.210 e. The molecule has 2 aliphatic rings. The zero-order chi connectivity index (χ0) is 20.9. The Balaban J connectivity index is 0.000000144. The maximum atomic E-state index is 5.22. The average Bonchev–Trinajstić information content (AvgIpc) is 3.38. The van der Waals surface area contributed by atoms with Crippen LogP contribution in [0.3, 0.4) is 0 Å². The fourth-order valence-corrected chi connectivity index (χ4v) is 3.70. The van der Waals surface area contributed by atoms with Crippen molar-refractivity contribution >= 4 is 26.2 Å². The molecular weight excluding hydrogens is 447 g/mol. The first-order valence-corrected chi connectivity index (χ1v) is 18.7. The number of hydrogen-bond acceptors (Lipinski definition) is 0. The molecule has 156 valence electrons. The van der Waals surface area contributed by atoms with Crippen molar-refractivity contribution in [3.8, 4) is 0 Å². The van der Waals surface area contributed by atoms with Gasteiger partial charge in [0.1, 0.15) is 0 Å². The molecule has 0 N–H and O–H groups in total. The van der Waals surface area contributed by atoms with Crippen LogP contribution in [0.4, 0.5) is 0 Å². The van der Waals surface area contributed by atoms with Crippen LogP contribution >= 0.6 is 18.6 Å². The van der Waals surface area contributed by atoms with Crippen LogP contribution in [-0.4, -0.2) is 7.63 Å². The van der Waals surface area contributed by atoms with E-state index in [1.165, 1.54) is 51.4 Å². The van der Waals surface area contributed by atoms with Gasteiger partial charge in [-0.1, -0.05) is 57.4 Å². The Kier molecular flexibility index (Phi) is 12.1. The number of fused-ring (bicyclic) bond motifs is 2. The van der Waals surface area contributed by atoms with Gasteiger partial charge in [-0.05, 0) is 0 Å². The second-order valence-corrected chi connectivity index (χ2v) is 19.6. The van der Waals surface area contributed by atoms with Crippen molar-refractivity contribution < 1.29 is 14.5 Å². The van der Waals surface area contributed by atoms with Crippen LogP contribution in [0.5, 0.6) is 0 Å². The second kappa shape index (κ2) is 14.3. The van der Waals surface area contributed by atoms with Gasteiger partial charge < -0.3 is 0 Å². The van der Waals surface area contributed by atoms with Crippen LogP contribution in [-0.2, 0) is 40.2 Å². The van der Waals surface area contributed by atoms with E-state index in [1.54, 1.807) is 29.9 Å². The molecule has 0 atom stereocenters. The molecule has 0 unspecified atom stereocenters. The van der Waals surface area contributed by atoms with Gasteiger partial charge in [-0.2, -0.15) is 71.1 Å². The Morgan fingerprint density at radius 1 is 0.724 bits per heavy atom. The molecule has 0 heterocycles. The predicted octanol–water partition coefficient (Wildman–Crippen LogP) is 6.90. The van der Waals surface area contributed by atoms with Crippen molar-refractivity contribution in [1.82, 2.24) is 0 Å². The molecule has 0 fully saturated rings. The Bertz CT molecular complexity index is 744. The molecule has 4 heteroatoms. The summed E-state index contributed by atoms with van der Waals surface area (Å²) < 4.78 is 0. The number of hydrogen-bond donors (Lipinski definition) is 0. The molecule has 0 bridgehead atoms. The van der Waals surface area contributed by atoms with E-state index in [-0.39, 0.29) is 0 Å². The summed E-state index contributed by atoms with van der Waals surface area (Å²) in [6.07, 6.45) is 10.9. The van der Waals surface area contributed by atoms with Crippen molar-refractivity contribution in [2.75, 3.05) is 0 Å². The normalized spacial score (nSPS) is 13.7. The first kappa shape index (κ1) is 24.6. The third-order valence-corrected chi connectivity index (χ3v) is 5.14. The Labute approximate surface area is 192 Å². The third kappa shape index (κ3) is 10.2. The summed E-state index contributed by atoms with van der Waals surface area (Å²) in [5.41, 5.74) is 7.47. The predicted molar refractivity (Wildman–Crippen MR) is 129 cm³/mol. The quantitative estimate of drug-likeness (QED) is 0.244. The fourth-order valence-electron chi connectivity index (χ4n) is 3.70. The number of aryl methyl sites for hydroxylation is 4. The Hall–Kier alpha value is -0.699. The first-order valence-electron chi connectivity index (χ1n) is 10.4. The first-order chi connectivity index (χ1) is 14.1. The molecule has 3 aromatic carbocycles. The van der Waals surface area contributed by atoms with Gasteiger partial charge in [0.15, 0.2) is 0 Å². The molecule has 0 aromatic heterocycles. The minimum absolute atomic E-state index is 1.07. The van der Waals surface area contributed by atoms with Crippen molar-refractivity contribution in [2.45, 2.75) is 51.4 Å². The van der Waals surface area contributed by atoms with E-state index >= 15 is 0 Å². The van der Waals surface area contributed by atoms with Gasteiger partial charge in [0.05, 0.1) is 0 Å². The second-order valence-electron chi connectivity index (χ2n) is 7.39. The van der Waals surface area contributed by atoms with Crippen LogP contribution in [0.1, 0.15) is 53.5 Å². The molecule has 3 aromatic rings. The van der Waals surface area contributed by atoms with Crippen LogP contribution in [0.2, 0.25) is 0 Å². The van der Waals surface area contributed by atoms with Gasteiger partial charge in [-0.25, -0.2) is 12.1 Å². The van der Waals surface area contributed by atoms with Crippen LogP contribution < -0.4 is 0 Å². The fraction of sp³-hybridized carbons (Fsp3) is 0.320. The number of benzene rings is 1. The van der Waals surface area contributed by atoms with E-state index in [2.05, 4.69) is 43.3 Å². The summed E-state index contributed by atoms with van der Waals surface area (Å²) in [5, 5.41) is 0. The zero-order valence-electron chi connectivity index (χ0n) is 17.2. The number of halogens is 2. The van der Waals surface area contributed by atoms with Crippen molar-refractivity contribution in [3.63, 3.8) is 0 Å². The standard InChI is InChI=1S/2C9H11.C7H7.2ClH.H2Si.Ti/c2*1-2-5-9-7-3-6-8(9)4-1;1-7-5-3-2-4-6-7;;;;/h2*3,6-7H,1-2,4-5H2;2-6H,1H2;2*1H;1H2;/q3*-1;;;;+2/p-2. The zero-order valence-corrected chi connectivity index (χ0v) is 21.7. The van der Waals surface area contributed by atoms with Gasteiger partial charge in [-0.3, -0.25) is 0 Å². The van der Waals surface area contributed by atoms with Gasteiger partial charge in [0, 0.05) is 0 Å². The summed E-state index contributed by atoms with van der Waals surface area (Å²) in [5.74, 6) is 0. The van der Waals surface area contributed by atoms with Crippen molar-refractivity contribution in [2.24, 2.45) is 0 Å². The summed E-state index contributed by atoms with van der Waals surface area (Å²) in [6, 6.07) is 23.3. The van der Waals surface area contributed by atoms with Gasteiger partial charge in [0.2, 0.25) is 0 Å². The summed E-state index contributed by atoms with van der Waals surface area (Å²) >= 11 is -1.36. The summed E-state index contributed by atoms with van der Waals surface area (Å²) in [6.45, 7) is 3.72. The monoisotopic (exact) mass is 477 g/mol. The van der Waals surface area contributed by atoms with Crippen molar-refractivity contribution in [3.05, 3.63) is 101 Å². The van der Waals surface area contributed by atoms with Crippen LogP contribution in [0, 0.1) is 6.92 Å². The average molecular weight is 478 g/mol. The smallest absolute Gasteiger partial charge is 0.0512 e. The van der Waals surface area contributed by atoms with E-state index in [4.69, 9.17) is 18.6 Å². The van der Waals surface area contributed by atoms with E-state index in [1.807, 2.05) is 30.3 Å². The minimum atomic E-state index is -1.36. The molecule has 0 saturated carbocycles. The number of rotatable bonds is 0. The molecule has 0 aliphatic heterocycles. The summed E-state index contributed by atoms with van der Waals surface area (Å²) in [7, 11) is 12.1. The Morgan fingerprint density at radius 2 is 1.14 bits per heavy atom. The molecule has 5 rings (SSSR count). The van der Waals surface area contributed by atoms with E-state index < -0.39 is 14.5 Å². The van der Waals surface area contributed by atoms with E-state index in [9.17, 15) is 0 Å². The SMILES string of the molecule is [CH2-]c1ccccc1.[SiH2]=[Ti]([Cl])[Cl].c1cc2c([cH-]1)CCCC2.c1cc2c([cH-]1)CCCC2. The maximum absolute atomic E-state index is 5.22. The molecule has 29 heavy (non-hydrogen) atoms. The molecule has 0 saturated heterocycles. The third-order valence-electron chi connectivity index (χ3n) is 5.14. The van der Waals surface area contributed by atoms with Crippen molar-refractivity contribution in [1.29, 1.82) is 0 Å². The van der Waals surface area contributed by atoms with E-state index in [0.717, 1.165) is 5.56 Å². The molecule has 0 amide bonds. The minimum Gasteiger partial charge on any atom is -0.210 e. The molecule has 2 aliphatic carbocycles.